The first-order valence-corrected chi connectivity index (χ1v) is 8.25. The average molecular weight is 342 g/mol. The van der Waals surface area contributed by atoms with Crippen LogP contribution in [0.2, 0.25) is 0 Å². The molecular formula is C12H14ClF2NO4S. The molecule has 5 nitrogen and oxygen atoms in total. The number of amides is 1. The molecule has 9 heteroatoms. The Morgan fingerprint density at radius 2 is 2.00 bits per heavy atom. The zero-order valence-corrected chi connectivity index (χ0v) is 13.0. The number of carbonyl (C=O) groups is 1. The Labute approximate surface area is 125 Å². The monoisotopic (exact) mass is 341 g/mol. The molecule has 0 aromatic heterocycles. The van der Waals surface area contributed by atoms with Crippen molar-refractivity contribution in [3.05, 3.63) is 29.3 Å². The number of nitrogens with zero attached hydrogens (tertiary/aromatic N) is 1. The van der Waals surface area contributed by atoms with E-state index in [0.29, 0.717) is 12.1 Å². The van der Waals surface area contributed by atoms with Crippen molar-refractivity contribution in [1.29, 1.82) is 0 Å². The molecule has 0 aliphatic heterocycles. The van der Waals surface area contributed by atoms with Crippen molar-refractivity contribution in [2.24, 2.45) is 0 Å². The first kappa shape index (κ1) is 17.8. The van der Waals surface area contributed by atoms with Crippen molar-refractivity contribution in [1.82, 2.24) is 4.90 Å². The van der Waals surface area contributed by atoms with Gasteiger partial charge in [-0.05, 0) is 19.1 Å². The molecule has 0 heterocycles. The van der Waals surface area contributed by atoms with Crippen molar-refractivity contribution in [3.8, 4) is 0 Å². The molecule has 0 unspecified atom stereocenters. The van der Waals surface area contributed by atoms with Gasteiger partial charge in [0.05, 0.1) is 6.61 Å². The largest absolute Gasteiger partial charge is 0.383 e. The Morgan fingerprint density at radius 1 is 1.38 bits per heavy atom. The minimum Gasteiger partial charge on any atom is -0.383 e. The number of carbonyl (C=O) groups excluding carboxylic acids is 1. The van der Waals surface area contributed by atoms with E-state index < -0.39 is 37.1 Å². The Morgan fingerprint density at radius 3 is 2.48 bits per heavy atom. The van der Waals surface area contributed by atoms with E-state index in [0.717, 1.165) is 4.90 Å². The SMILES string of the molecule is CCN(CCOC)C(=O)c1c(F)ccc(S(=O)(=O)Cl)c1F. The normalized spacial score (nSPS) is 11.5. The molecular weight excluding hydrogens is 328 g/mol. The Bertz CT molecular complexity index is 636. The summed E-state index contributed by atoms with van der Waals surface area (Å²) in [6, 6.07) is 1.37. The van der Waals surface area contributed by atoms with E-state index in [1.165, 1.54) is 7.11 Å². The van der Waals surface area contributed by atoms with Crippen molar-refractivity contribution >= 4 is 25.6 Å². The molecule has 0 saturated carbocycles. The Hall–Kier alpha value is -1.25. The van der Waals surface area contributed by atoms with Gasteiger partial charge in [-0.25, -0.2) is 17.2 Å². The fraction of sp³-hybridized carbons (Fsp3) is 0.417. The van der Waals surface area contributed by atoms with Gasteiger partial charge >= 0.3 is 0 Å². The summed E-state index contributed by atoms with van der Waals surface area (Å²) in [4.78, 5) is 12.4. The highest BCUT2D eigenvalue weighted by Crippen LogP contribution is 2.25. The predicted molar refractivity (Wildman–Crippen MR) is 72.9 cm³/mol. The second-order valence-corrected chi connectivity index (χ2v) is 6.58. The summed E-state index contributed by atoms with van der Waals surface area (Å²) in [7, 11) is 2.05. The third-order valence-electron chi connectivity index (χ3n) is 2.77. The van der Waals surface area contributed by atoms with E-state index in [1.54, 1.807) is 6.92 Å². The molecule has 0 N–H and O–H groups in total. The minimum absolute atomic E-state index is 0.114. The summed E-state index contributed by atoms with van der Waals surface area (Å²) < 4.78 is 55.1. The van der Waals surface area contributed by atoms with Crippen LogP contribution in [0.15, 0.2) is 17.0 Å². The zero-order chi connectivity index (χ0) is 16.2. The van der Waals surface area contributed by atoms with Crippen LogP contribution in [0.3, 0.4) is 0 Å². The lowest BCUT2D eigenvalue weighted by Crippen LogP contribution is -2.35. The zero-order valence-electron chi connectivity index (χ0n) is 11.4. The third-order valence-corrected chi connectivity index (χ3v) is 4.11. The number of benzene rings is 1. The van der Waals surface area contributed by atoms with Gasteiger partial charge < -0.3 is 9.64 Å². The summed E-state index contributed by atoms with van der Waals surface area (Å²) in [6.45, 7) is 2.09. The van der Waals surface area contributed by atoms with Crippen LogP contribution in [0.4, 0.5) is 8.78 Å². The van der Waals surface area contributed by atoms with Gasteiger partial charge in [-0.2, -0.15) is 0 Å². The Kier molecular flexibility index (Phi) is 6.06. The number of rotatable bonds is 6. The summed E-state index contributed by atoms with van der Waals surface area (Å²) >= 11 is 0. The highest BCUT2D eigenvalue weighted by atomic mass is 35.7. The standard InChI is InChI=1S/C12H14ClF2NO4S/c1-3-16(6-7-20-2)12(17)10-8(14)4-5-9(11(10)15)21(13,18)19/h4-5H,3,6-7H2,1-2H3. The summed E-state index contributed by atoms with van der Waals surface area (Å²) in [5, 5.41) is 0. The molecule has 0 bridgehead atoms. The van der Waals surface area contributed by atoms with Gasteiger partial charge in [-0.1, -0.05) is 0 Å². The maximum absolute atomic E-state index is 14.1. The van der Waals surface area contributed by atoms with Crippen LogP contribution >= 0.6 is 10.7 Å². The van der Waals surface area contributed by atoms with Crippen molar-refractivity contribution in [2.45, 2.75) is 11.8 Å². The van der Waals surface area contributed by atoms with E-state index in [2.05, 4.69) is 0 Å². The van der Waals surface area contributed by atoms with Crippen LogP contribution in [-0.2, 0) is 13.8 Å². The molecule has 0 atom stereocenters. The summed E-state index contributed by atoms with van der Waals surface area (Å²) in [6.07, 6.45) is 0. The second-order valence-electron chi connectivity index (χ2n) is 4.05. The average Bonchev–Trinajstić information content (AvgIpc) is 2.38. The lowest BCUT2D eigenvalue weighted by atomic mass is 10.1. The molecule has 1 amide bonds. The predicted octanol–water partition coefficient (Wildman–Crippen LogP) is 2.00. The van der Waals surface area contributed by atoms with Crippen LogP contribution in [0.25, 0.3) is 0 Å². The quantitative estimate of drug-likeness (QED) is 0.742. The second kappa shape index (κ2) is 7.15. The van der Waals surface area contributed by atoms with Gasteiger partial charge in [0.2, 0.25) is 0 Å². The first-order valence-electron chi connectivity index (χ1n) is 5.94. The van der Waals surface area contributed by atoms with Crippen molar-refractivity contribution in [2.75, 3.05) is 26.8 Å². The number of methoxy groups -OCH3 is 1. The molecule has 21 heavy (non-hydrogen) atoms. The molecule has 1 aromatic carbocycles. The van der Waals surface area contributed by atoms with Crippen LogP contribution in [0.1, 0.15) is 17.3 Å². The molecule has 0 fully saturated rings. The van der Waals surface area contributed by atoms with Gasteiger partial charge in [0.1, 0.15) is 16.3 Å². The van der Waals surface area contributed by atoms with Gasteiger partial charge in [0, 0.05) is 30.9 Å². The molecule has 0 aliphatic carbocycles. The molecule has 0 saturated heterocycles. The van der Waals surface area contributed by atoms with E-state index in [9.17, 15) is 22.0 Å². The van der Waals surface area contributed by atoms with E-state index >= 15 is 0 Å². The lowest BCUT2D eigenvalue weighted by molar-refractivity contribution is 0.0696. The van der Waals surface area contributed by atoms with Crippen LogP contribution in [-0.4, -0.2) is 46.0 Å². The molecule has 0 aliphatic rings. The minimum atomic E-state index is -4.42. The third kappa shape index (κ3) is 4.12. The fourth-order valence-corrected chi connectivity index (χ4v) is 2.58. The fourth-order valence-electron chi connectivity index (χ4n) is 1.68. The summed E-state index contributed by atoms with van der Waals surface area (Å²) in [5.74, 6) is -3.62. The Balaban J connectivity index is 3.32. The maximum atomic E-state index is 14.1. The highest BCUT2D eigenvalue weighted by Gasteiger charge is 2.28. The van der Waals surface area contributed by atoms with Gasteiger partial charge in [-0.15, -0.1) is 0 Å². The van der Waals surface area contributed by atoms with Crippen LogP contribution < -0.4 is 0 Å². The van der Waals surface area contributed by atoms with Gasteiger partial charge in [-0.3, -0.25) is 4.79 Å². The summed E-state index contributed by atoms with van der Waals surface area (Å²) in [5.41, 5.74) is -0.949. The molecule has 0 spiro atoms. The smallest absolute Gasteiger partial charge is 0.264 e. The first-order chi connectivity index (χ1) is 9.73. The van der Waals surface area contributed by atoms with Crippen LogP contribution in [0, 0.1) is 11.6 Å². The number of hydrogen-bond donors (Lipinski definition) is 0. The van der Waals surface area contributed by atoms with Crippen molar-refractivity contribution in [3.63, 3.8) is 0 Å². The molecule has 118 valence electrons. The lowest BCUT2D eigenvalue weighted by Gasteiger charge is -2.21. The molecule has 1 aromatic rings. The van der Waals surface area contributed by atoms with Gasteiger partial charge in [0.15, 0.2) is 5.82 Å². The maximum Gasteiger partial charge on any atom is 0.264 e. The number of likely N-dealkylation sites (N-methyl/N-ethyl adjacent to an activating group) is 1. The van der Waals surface area contributed by atoms with E-state index in [1.807, 2.05) is 0 Å². The highest BCUT2D eigenvalue weighted by molar-refractivity contribution is 8.13. The number of halogens is 3. The van der Waals surface area contributed by atoms with E-state index in [-0.39, 0.29) is 19.7 Å². The topological polar surface area (TPSA) is 63.7 Å². The number of ether oxygens (including phenoxy) is 1. The number of hydrogen-bond acceptors (Lipinski definition) is 4. The van der Waals surface area contributed by atoms with Gasteiger partial charge in [0.25, 0.3) is 15.0 Å². The molecule has 0 radical (unpaired) electrons. The van der Waals surface area contributed by atoms with Crippen LogP contribution in [0.5, 0.6) is 0 Å². The van der Waals surface area contributed by atoms with E-state index in [4.69, 9.17) is 15.4 Å². The molecule has 1 rings (SSSR count). The van der Waals surface area contributed by atoms with Crippen molar-refractivity contribution < 1.29 is 26.7 Å².